The van der Waals surface area contributed by atoms with Crippen molar-refractivity contribution in [2.45, 2.75) is 37.2 Å². The first-order valence-electron chi connectivity index (χ1n) is 9.41. The van der Waals surface area contributed by atoms with E-state index >= 15 is 0 Å². The van der Waals surface area contributed by atoms with Crippen molar-refractivity contribution >= 4 is 29.0 Å². The molecule has 2 aromatic carbocycles. The van der Waals surface area contributed by atoms with Crippen molar-refractivity contribution in [2.24, 2.45) is 0 Å². The molecule has 1 aliphatic heterocycles. The number of aryl methyl sites for hydroxylation is 2. The fraction of sp³-hybridized carbons (Fsp3) is 0.261. The average molecular weight is 378 g/mol. The van der Waals surface area contributed by atoms with E-state index in [1.54, 1.807) is 18.0 Å². The van der Waals surface area contributed by atoms with Crippen LogP contribution in [0, 0.1) is 0 Å². The summed E-state index contributed by atoms with van der Waals surface area (Å²) in [6, 6.07) is 20.4. The fourth-order valence-electron chi connectivity index (χ4n) is 3.60. The van der Waals surface area contributed by atoms with Crippen LogP contribution in [0.1, 0.15) is 30.2 Å². The number of carbonyl (C=O) groups is 1. The van der Waals surface area contributed by atoms with Crippen molar-refractivity contribution in [3.8, 4) is 0 Å². The molecule has 3 aromatic rings. The van der Waals surface area contributed by atoms with Gasteiger partial charge in [-0.2, -0.15) is 0 Å². The third kappa shape index (κ3) is 3.67. The highest BCUT2D eigenvalue weighted by molar-refractivity contribution is 7.99. The van der Waals surface area contributed by atoms with Crippen LogP contribution in [0.5, 0.6) is 0 Å². The van der Waals surface area contributed by atoms with Crippen molar-refractivity contribution in [3.63, 3.8) is 0 Å². The van der Waals surface area contributed by atoms with Crippen LogP contribution < -0.4 is 4.90 Å². The van der Waals surface area contributed by atoms with Crippen molar-refractivity contribution in [3.05, 3.63) is 83.8 Å². The van der Waals surface area contributed by atoms with E-state index in [2.05, 4.69) is 43.3 Å². The molecule has 1 aromatic heterocycles. The first-order chi connectivity index (χ1) is 13.3. The van der Waals surface area contributed by atoms with Gasteiger partial charge in [0.15, 0.2) is 0 Å². The maximum Gasteiger partial charge on any atom is 0.244 e. The standard InChI is InChI=1S/C23H23NO2S/c1-2-22(27-16-19-10-7-15-26-19)23(25)24-20-11-5-3-8-17(20)13-14-18-9-4-6-12-21(18)24/h3-12,15,22H,2,13-14,16H2,1H3. The molecule has 0 fully saturated rings. The SMILES string of the molecule is CCC(SCc1ccco1)C(=O)N1c2ccccc2CCc2ccccc21. The molecule has 1 aliphatic rings. The van der Waals surface area contributed by atoms with Gasteiger partial charge in [0.2, 0.25) is 5.91 Å². The van der Waals surface area contributed by atoms with E-state index in [9.17, 15) is 4.79 Å². The van der Waals surface area contributed by atoms with Gasteiger partial charge < -0.3 is 4.42 Å². The highest BCUT2D eigenvalue weighted by atomic mass is 32.2. The Morgan fingerprint density at radius 3 is 2.19 bits per heavy atom. The Hall–Kier alpha value is -2.46. The lowest BCUT2D eigenvalue weighted by Gasteiger charge is -2.28. The number of nitrogens with zero attached hydrogens (tertiary/aromatic N) is 1. The number of anilines is 2. The zero-order valence-electron chi connectivity index (χ0n) is 15.4. The summed E-state index contributed by atoms with van der Waals surface area (Å²) in [4.78, 5) is 15.6. The van der Waals surface area contributed by atoms with E-state index < -0.39 is 0 Å². The molecule has 0 saturated heterocycles. The number of furan rings is 1. The second-order valence-electron chi connectivity index (χ2n) is 6.72. The highest BCUT2D eigenvalue weighted by Gasteiger charge is 2.30. The fourth-order valence-corrected chi connectivity index (χ4v) is 4.62. The van der Waals surface area contributed by atoms with E-state index in [0.29, 0.717) is 5.75 Å². The molecule has 2 heterocycles. The maximum absolute atomic E-state index is 13.6. The minimum Gasteiger partial charge on any atom is -0.468 e. The Bertz CT molecular complexity index is 872. The summed E-state index contributed by atoms with van der Waals surface area (Å²) in [5.41, 5.74) is 4.50. The van der Waals surface area contributed by atoms with Gasteiger partial charge in [0.25, 0.3) is 0 Å². The van der Waals surface area contributed by atoms with Crippen LogP contribution in [0.15, 0.2) is 71.3 Å². The number of benzene rings is 2. The molecule has 0 saturated carbocycles. The van der Waals surface area contributed by atoms with E-state index in [-0.39, 0.29) is 11.2 Å². The topological polar surface area (TPSA) is 33.5 Å². The molecule has 4 heteroatoms. The van der Waals surface area contributed by atoms with Gasteiger partial charge in [0.05, 0.1) is 28.6 Å². The van der Waals surface area contributed by atoms with Crippen molar-refractivity contribution in [1.29, 1.82) is 0 Å². The molecule has 27 heavy (non-hydrogen) atoms. The predicted octanol–water partition coefficient (Wildman–Crippen LogP) is 5.75. The van der Waals surface area contributed by atoms with Gasteiger partial charge >= 0.3 is 0 Å². The number of carbonyl (C=O) groups excluding carboxylic acids is 1. The lowest BCUT2D eigenvalue weighted by molar-refractivity contribution is -0.117. The van der Waals surface area contributed by atoms with E-state index in [4.69, 9.17) is 4.42 Å². The first-order valence-corrected chi connectivity index (χ1v) is 10.5. The predicted molar refractivity (Wildman–Crippen MR) is 112 cm³/mol. The Morgan fingerprint density at radius 2 is 1.63 bits per heavy atom. The number of hydrogen-bond donors (Lipinski definition) is 0. The van der Waals surface area contributed by atoms with Gasteiger partial charge in [-0.25, -0.2) is 0 Å². The Morgan fingerprint density at radius 1 is 1.00 bits per heavy atom. The third-order valence-corrected chi connectivity index (χ3v) is 6.39. The van der Waals surface area contributed by atoms with Crippen LogP contribution >= 0.6 is 11.8 Å². The summed E-state index contributed by atoms with van der Waals surface area (Å²) < 4.78 is 5.44. The molecule has 1 atom stereocenters. The quantitative estimate of drug-likeness (QED) is 0.567. The van der Waals surface area contributed by atoms with Gasteiger partial charge in [0, 0.05) is 0 Å². The average Bonchev–Trinajstić information content (AvgIpc) is 3.16. The van der Waals surface area contributed by atoms with Gasteiger partial charge in [-0.05, 0) is 54.7 Å². The number of rotatable bonds is 5. The largest absolute Gasteiger partial charge is 0.468 e. The smallest absolute Gasteiger partial charge is 0.244 e. The molecule has 0 radical (unpaired) electrons. The zero-order chi connectivity index (χ0) is 18.6. The molecular formula is C23H23NO2S. The molecule has 1 unspecified atom stereocenters. The van der Waals surface area contributed by atoms with Crippen molar-refractivity contribution in [2.75, 3.05) is 4.90 Å². The molecule has 0 bridgehead atoms. The molecular weight excluding hydrogens is 354 g/mol. The van der Waals surface area contributed by atoms with Crippen LogP contribution in [-0.4, -0.2) is 11.2 Å². The van der Waals surface area contributed by atoms with Crippen molar-refractivity contribution < 1.29 is 9.21 Å². The summed E-state index contributed by atoms with van der Waals surface area (Å²) in [6.07, 6.45) is 4.37. The van der Waals surface area contributed by atoms with Gasteiger partial charge in [-0.1, -0.05) is 43.3 Å². The van der Waals surface area contributed by atoms with Gasteiger partial charge in [-0.3, -0.25) is 9.69 Å². The molecule has 3 nitrogen and oxygen atoms in total. The monoisotopic (exact) mass is 377 g/mol. The van der Waals surface area contributed by atoms with Crippen LogP contribution in [0.25, 0.3) is 0 Å². The van der Waals surface area contributed by atoms with Gasteiger partial charge in [0.1, 0.15) is 5.76 Å². The molecule has 138 valence electrons. The Balaban J connectivity index is 1.69. The third-order valence-electron chi connectivity index (χ3n) is 5.00. The molecule has 0 spiro atoms. The summed E-state index contributed by atoms with van der Waals surface area (Å²) in [5.74, 6) is 1.76. The van der Waals surface area contributed by atoms with E-state index in [0.717, 1.165) is 36.4 Å². The second-order valence-corrected chi connectivity index (χ2v) is 7.91. The summed E-state index contributed by atoms with van der Waals surface area (Å²) in [7, 11) is 0. The zero-order valence-corrected chi connectivity index (χ0v) is 16.2. The summed E-state index contributed by atoms with van der Waals surface area (Å²) in [6.45, 7) is 2.08. The van der Waals surface area contributed by atoms with E-state index in [1.807, 2.05) is 29.2 Å². The minimum absolute atomic E-state index is 0.116. The summed E-state index contributed by atoms with van der Waals surface area (Å²) in [5, 5.41) is -0.116. The molecule has 4 rings (SSSR count). The Kier molecular flexibility index (Phi) is 5.35. The van der Waals surface area contributed by atoms with Crippen LogP contribution in [0.3, 0.4) is 0 Å². The summed E-state index contributed by atoms with van der Waals surface area (Å²) >= 11 is 1.65. The lowest BCUT2D eigenvalue weighted by Crippen LogP contribution is -2.34. The number of amides is 1. The van der Waals surface area contributed by atoms with Crippen LogP contribution in [-0.2, 0) is 23.4 Å². The Labute approximate surface area is 164 Å². The first kappa shape index (κ1) is 17.9. The number of fused-ring (bicyclic) bond motifs is 2. The highest BCUT2D eigenvalue weighted by Crippen LogP contribution is 2.38. The van der Waals surface area contributed by atoms with Crippen LogP contribution in [0.4, 0.5) is 11.4 Å². The number of para-hydroxylation sites is 2. The van der Waals surface area contributed by atoms with Crippen LogP contribution in [0.2, 0.25) is 0 Å². The minimum atomic E-state index is -0.116. The second kappa shape index (κ2) is 8.05. The van der Waals surface area contributed by atoms with E-state index in [1.165, 1.54) is 11.1 Å². The van der Waals surface area contributed by atoms with Crippen molar-refractivity contribution in [1.82, 2.24) is 0 Å². The number of hydrogen-bond acceptors (Lipinski definition) is 3. The maximum atomic E-state index is 13.6. The lowest BCUT2D eigenvalue weighted by atomic mass is 10.0. The molecule has 1 amide bonds. The molecule has 0 N–H and O–H groups in total. The number of thioether (sulfide) groups is 1. The van der Waals surface area contributed by atoms with Gasteiger partial charge in [-0.15, -0.1) is 11.8 Å². The normalized spacial score (nSPS) is 14.2. The molecule has 0 aliphatic carbocycles.